The Morgan fingerprint density at radius 2 is 1.69 bits per heavy atom. The molecule has 5 rings (SSSR count). The Hall–Kier alpha value is -2.84. The Kier molecular flexibility index (Phi) is 3.31. The largest absolute Gasteiger partial charge is 0.307 e. The summed E-state index contributed by atoms with van der Waals surface area (Å²) in [4.78, 5) is 7.03. The minimum atomic E-state index is 0.739. The number of hydrogen-bond donors (Lipinski definition) is 0. The van der Waals surface area contributed by atoms with Gasteiger partial charge in [0.1, 0.15) is 0 Å². The summed E-state index contributed by atoms with van der Waals surface area (Å²) in [6, 6.07) is 20.9. The van der Waals surface area contributed by atoms with Gasteiger partial charge in [-0.3, -0.25) is 4.98 Å². The topological polar surface area (TPSA) is 16.1 Å². The molecule has 0 spiro atoms. The van der Waals surface area contributed by atoms with Gasteiger partial charge in [0, 0.05) is 17.1 Å². The summed E-state index contributed by atoms with van der Waals surface area (Å²) in [6.45, 7) is 4.29. The van der Waals surface area contributed by atoms with Crippen LogP contribution < -0.4 is 4.90 Å². The third-order valence-corrected chi connectivity index (χ3v) is 5.35. The number of fused-ring (bicyclic) bond motifs is 2. The van der Waals surface area contributed by atoms with Gasteiger partial charge in [0.15, 0.2) is 0 Å². The molecule has 2 heterocycles. The summed E-state index contributed by atoms with van der Waals surface area (Å²) in [5.74, 6) is 0. The van der Waals surface area contributed by atoms with E-state index in [1.807, 2.05) is 24.4 Å². The van der Waals surface area contributed by atoms with Crippen LogP contribution in [0, 0.1) is 13.8 Å². The summed E-state index contributed by atoms with van der Waals surface area (Å²) < 4.78 is 0. The first-order valence-corrected chi connectivity index (χ1v) is 9.07. The zero-order valence-corrected chi connectivity index (χ0v) is 15.4. The van der Waals surface area contributed by atoms with E-state index in [0.29, 0.717) is 0 Å². The van der Waals surface area contributed by atoms with E-state index in [1.165, 1.54) is 21.9 Å². The van der Waals surface area contributed by atoms with E-state index < -0.39 is 0 Å². The number of rotatable bonds is 1. The van der Waals surface area contributed by atoms with Crippen molar-refractivity contribution in [1.29, 1.82) is 0 Å². The normalized spacial score (nSPS) is 12.3. The molecule has 1 aliphatic heterocycles. The molecule has 26 heavy (non-hydrogen) atoms. The molecule has 0 aliphatic carbocycles. The van der Waals surface area contributed by atoms with Crippen LogP contribution in [-0.4, -0.2) is 4.98 Å². The molecule has 0 unspecified atom stereocenters. The number of aryl methyl sites for hydroxylation is 2. The van der Waals surface area contributed by atoms with E-state index in [4.69, 9.17) is 16.6 Å². The minimum Gasteiger partial charge on any atom is -0.307 e. The Balaban J connectivity index is 1.98. The molecule has 2 nitrogen and oxygen atoms in total. The Morgan fingerprint density at radius 3 is 2.54 bits per heavy atom. The fourth-order valence-corrected chi connectivity index (χ4v) is 4.26. The van der Waals surface area contributed by atoms with Gasteiger partial charge in [-0.15, -0.1) is 0 Å². The van der Waals surface area contributed by atoms with E-state index in [9.17, 15) is 0 Å². The summed E-state index contributed by atoms with van der Waals surface area (Å²) in [5, 5.41) is 3.10. The van der Waals surface area contributed by atoms with Gasteiger partial charge in [0.05, 0.1) is 27.8 Å². The molecule has 0 N–H and O–H groups in total. The molecular formula is C23H17ClN2. The van der Waals surface area contributed by atoms with Gasteiger partial charge < -0.3 is 4.90 Å². The number of pyridine rings is 1. The molecule has 0 atom stereocenters. The van der Waals surface area contributed by atoms with E-state index >= 15 is 0 Å². The molecule has 0 amide bonds. The molecule has 1 aliphatic rings. The number of anilines is 3. The standard InChI is InChI=1S/C23H17ClN2/c1-14-12-15(2)23-17(13-14)22-21-16(10-11-25-22)6-5-9-20(21)26(23)19-8-4-3-7-18(19)24/h3-13H,1-2H3. The molecule has 0 saturated heterocycles. The van der Waals surface area contributed by atoms with Crippen molar-refractivity contribution in [3.63, 3.8) is 0 Å². The van der Waals surface area contributed by atoms with Crippen molar-refractivity contribution < 1.29 is 0 Å². The van der Waals surface area contributed by atoms with Crippen LogP contribution in [0.25, 0.3) is 22.0 Å². The number of aromatic nitrogens is 1. The SMILES string of the molecule is Cc1cc(C)c2c(c1)-c1nccc3cccc(c13)N2c1ccccc1Cl. The highest BCUT2D eigenvalue weighted by molar-refractivity contribution is 6.34. The third-order valence-electron chi connectivity index (χ3n) is 5.03. The highest BCUT2D eigenvalue weighted by atomic mass is 35.5. The molecule has 3 heteroatoms. The van der Waals surface area contributed by atoms with Crippen LogP contribution in [0.2, 0.25) is 5.02 Å². The molecule has 4 aromatic rings. The van der Waals surface area contributed by atoms with Gasteiger partial charge in [-0.2, -0.15) is 0 Å². The first-order valence-electron chi connectivity index (χ1n) is 8.69. The van der Waals surface area contributed by atoms with Gasteiger partial charge in [-0.05, 0) is 55.1 Å². The predicted octanol–water partition coefficient (Wildman–Crippen LogP) is 6.96. The number of nitrogens with zero attached hydrogens (tertiary/aromatic N) is 2. The third kappa shape index (κ3) is 2.09. The minimum absolute atomic E-state index is 0.739. The highest BCUT2D eigenvalue weighted by Crippen LogP contribution is 2.52. The Labute approximate surface area is 157 Å². The quantitative estimate of drug-likeness (QED) is 0.323. The van der Waals surface area contributed by atoms with Crippen molar-refractivity contribution in [3.8, 4) is 11.3 Å². The zero-order valence-electron chi connectivity index (χ0n) is 14.6. The van der Waals surface area contributed by atoms with E-state index in [1.54, 1.807) is 0 Å². The molecule has 1 aromatic heterocycles. The zero-order chi connectivity index (χ0) is 17.8. The van der Waals surface area contributed by atoms with Crippen molar-refractivity contribution in [3.05, 3.63) is 83.0 Å². The van der Waals surface area contributed by atoms with Gasteiger partial charge in [0.2, 0.25) is 0 Å². The smallest absolute Gasteiger partial charge is 0.0822 e. The number of halogens is 1. The van der Waals surface area contributed by atoms with Crippen LogP contribution in [-0.2, 0) is 0 Å². The fraction of sp³-hybridized carbons (Fsp3) is 0.0870. The van der Waals surface area contributed by atoms with E-state index in [2.05, 4.69) is 61.2 Å². The van der Waals surface area contributed by atoms with Crippen molar-refractivity contribution in [1.82, 2.24) is 4.98 Å². The molecule has 0 radical (unpaired) electrons. The van der Waals surface area contributed by atoms with E-state index in [-0.39, 0.29) is 0 Å². The highest BCUT2D eigenvalue weighted by Gasteiger charge is 2.29. The maximum absolute atomic E-state index is 6.61. The predicted molar refractivity (Wildman–Crippen MR) is 110 cm³/mol. The molecule has 0 saturated carbocycles. The van der Waals surface area contributed by atoms with Gasteiger partial charge in [0.25, 0.3) is 0 Å². The summed E-state index contributed by atoms with van der Waals surface area (Å²) >= 11 is 6.61. The van der Waals surface area contributed by atoms with Crippen LogP contribution in [0.3, 0.4) is 0 Å². The molecule has 0 fully saturated rings. The lowest BCUT2D eigenvalue weighted by molar-refractivity contribution is 1.21. The lowest BCUT2D eigenvalue weighted by atomic mass is 9.91. The first kappa shape index (κ1) is 15.4. The van der Waals surface area contributed by atoms with Crippen molar-refractivity contribution in [2.24, 2.45) is 0 Å². The fourth-order valence-electron chi connectivity index (χ4n) is 4.04. The lowest BCUT2D eigenvalue weighted by Gasteiger charge is -2.34. The Bertz CT molecular complexity index is 1170. The lowest BCUT2D eigenvalue weighted by Crippen LogP contribution is -2.17. The van der Waals surface area contributed by atoms with Crippen molar-refractivity contribution in [2.75, 3.05) is 4.90 Å². The summed E-state index contributed by atoms with van der Waals surface area (Å²) in [6.07, 6.45) is 1.90. The van der Waals surface area contributed by atoms with E-state index in [0.717, 1.165) is 33.3 Å². The van der Waals surface area contributed by atoms with Crippen LogP contribution in [0.1, 0.15) is 11.1 Å². The summed E-state index contributed by atoms with van der Waals surface area (Å²) in [5.41, 5.74) is 7.92. The van der Waals surface area contributed by atoms with Crippen LogP contribution in [0.5, 0.6) is 0 Å². The first-order chi connectivity index (χ1) is 12.6. The maximum atomic E-state index is 6.61. The average Bonchev–Trinajstić information content (AvgIpc) is 2.64. The van der Waals surface area contributed by atoms with Crippen molar-refractivity contribution in [2.45, 2.75) is 13.8 Å². The maximum Gasteiger partial charge on any atom is 0.0822 e. The molecule has 126 valence electrons. The average molecular weight is 357 g/mol. The van der Waals surface area contributed by atoms with Gasteiger partial charge in [-0.25, -0.2) is 0 Å². The second kappa shape index (κ2) is 5.58. The number of benzene rings is 3. The van der Waals surface area contributed by atoms with Gasteiger partial charge in [-0.1, -0.05) is 47.5 Å². The van der Waals surface area contributed by atoms with Crippen LogP contribution in [0.4, 0.5) is 17.1 Å². The monoisotopic (exact) mass is 356 g/mol. The van der Waals surface area contributed by atoms with Gasteiger partial charge >= 0.3 is 0 Å². The molecular weight excluding hydrogens is 340 g/mol. The van der Waals surface area contributed by atoms with Crippen LogP contribution in [0.15, 0.2) is 66.9 Å². The Morgan fingerprint density at radius 1 is 0.885 bits per heavy atom. The summed E-state index contributed by atoms with van der Waals surface area (Å²) in [7, 11) is 0. The van der Waals surface area contributed by atoms with Crippen molar-refractivity contribution >= 4 is 39.4 Å². The molecule has 3 aromatic carbocycles. The number of para-hydroxylation sites is 1. The molecule has 0 bridgehead atoms. The second-order valence-electron chi connectivity index (χ2n) is 6.80. The van der Waals surface area contributed by atoms with Crippen LogP contribution >= 0.6 is 11.6 Å². The second-order valence-corrected chi connectivity index (χ2v) is 7.21. The number of hydrogen-bond acceptors (Lipinski definition) is 2.